The minimum absolute atomic E-state index is 0.00321. The predicted octanol–water partition coefficient (Wildman–Crippen LogP) is 0.721. The van der Waals surface area contributed by atoms with Crippen molar-refractivity contribution in [1.82, 2.24) is 15.3 Å². The molecule has 0 atom stereocenters. The summed E-state index contributed by atoms with van der Waals surface area (Å²) in [4.78, 5) is 20.4. The Morgan fingerprint density at radius 1 is 1.47 bits per heavy atom. The van der Waals surface area contributed by atoms with Gasteiger partial charge in [-0.3, -0.25) is 4.79 Å². The number of halogens is 1. The molecule has 1 N–H and O–H groups in total. The average molecular weight is 238 g/mol. The minimum atomic E-state index is -0.515. The van der Waals surface area contributed by atoms with Gasteiger partial charge in [0.05, 0.1) is 0 Å². The smallest absolute Gasteiger partial charge is 0.218 e. The topological polar surface area (TPSA) is 58.1 Å². The van der Waals surface area contributed by atoms with E-state index in [1.165, 1.54) is 19.3 Å². The molecule has 92 valence electrons. The molecule has 0 bridgehead atoms. The van der Waals surface area contributed by atoms with E-state index in [1.54, 1.807) is 0 Å². The van der Waals surface area contributed by atoms with Gasteiger partial charge < -0.3 is 10.2 Å². The third-order valence-corrected chi connectivity index (χ3v) is 2.85. The van der Waals surface area contributed by atoms with Gasteiger partial charge in [-0.05, 0) is 12.8 Å². The van der Waals surface area contributed by atoms with Crippen molar-refractivity contribution in [1.29, 1.82) is 0 Å². The maximum atomic E-state index is 12.9. The van der Waals surface area contributed by atoms with Crippen molar-refractivity contribution in [2.24, 2.45) is 0 Å². The van der Waals surface area contributed by atoms with E-state index in [0.29, 0.717) is 5.82 Å². The first-order chi connectivity index (χ1) is 8.15. The largest absolute Gasteiger partial charge is 0.356 e. The lowest BCUT2D eigenvalue weighted by Gasteiger charge is -2.32. The van der Waals surface area contributed by atoms with Gasteiger partial charge in [-0.25, -0.2) is 9.97 Å². The maximum Gasteiger partial charge on any atom is 0.218 e. The van der Waals surface area contributed by atoms with E-state index >= 15 is 0 Å². The van der Waals surface area contributed by atoms with Gasteiger partial charge in [-0.15, -0.1) is 0 Å². The van der Waals surface area contributed by atoms with Crippen molar-refractivity contribution in [2.75, 3.05) is 18.0 Å². The summed E-state index contributed by atoms with van der Waals surface area (Å²) in [5, 5.41) is 2.89. The predicted molar refractivity (Wildman–Crippen MR) is 61.0 cm³/mol. The van der Waals surface area contributed by atoms with Gasteiger partial charge in [-0.1, -0.05) is 0 Å². The summed E-state index contributed by atoms with van der Waals surface area (Å²) in [6, 6.07) is 1.55. The van der Waals surface area contributed by atoms with Crippen molar-refractivity contribution >= 4 is 11.7 Å². The number of hydrogen-bond donors (Lipinski definition) is 1. The van der Waals surface area contributed by atoms with E-state index in [2.05, 4.69) is 15.3 Å². The Morgan fingerprint density at radius 3 is 2.76 bits per heavy atom. The van der Waals surface area contributed by atoms with Gasteiger partial charge in [0.15, 0.2) is 0 Å². The molecule has 1 aliphatic rings. The molecule has 1 saturated heterocycles. The molecule has 0 unspecified atom stereocenters. The number of carbonyl (C=O) groups is 1. The summed E-state index contributed by atoms with van der Waals surface area (Å²) in [7, 11) is 0. The zero-order chi connectivity index (χ0) is 12.3. The molecule has 0 radical (unpaired) electrons. The molecule has 1 aromatic rings. The molecule has 0 aromatic carbocycles. The Kier molecular flexibility index (Phi) is 3.51. The lowest BCUT2D eigenvalue weighted by molar-refractivity contribution is -0.119. The van der Waals surface area contributed by atoms with Crippen LogP contribution in [0.1, 0.15) is 19.8 Å². The van der Waals surface area contributed by atoms with Crippen molar-refractivity contribution in [3.8, 4) is 0 Å². The number of hydrogen-bond acceptors (Lipinski definition) is 4. The number of rotatable bonds is 2. The second-order valence-corrected chi connectivity index (χ2v) is 4.16. The Hall–Kier alpha value is -1.72. The molecule has 0 spiro atoms. The van der Waals surface area contributed by atoms with Crippen molar-refractivity contribution in [3.63, 3.8) is 0 Å². The van der Waals surface area contributed by atoms with Crippen LogP contribution in [0.25, 0.3) is 0 Å². The standard InChI is InChI=1S/C11H15FN4O/c1-8(17)15-9-2-4-16(5-3-9)11-6-10(12)13-7-14-11/h6-7,9H,2-5H2,1H3,(H,15,17). The average Bonchev–Trinajstić information content (AvgIpc) is 2.29. The van der Waals surface area contributed by atoms with E-state index in [9.17, 15) is 9.18 Å². The number of anilines is 1. The fraction of sp³-hybridized carbons (Fsp3) is 0.545. The second-order valence-electron chi connectivity index (χ2n) is 4.16. The van der Waals surface area contributed by atoms with E-state index in [1.807, 2.05) is 4.90 Å². The fourth-order valence-electron chi connectivity index (χ4n) is 2.04. The first kappa shape index (κ1) is 11.8. The number of nitrogens with one attached hydrogen (secondary N) is 1. The summed E-state index contributed by atoms with van der Waals surface area (Å²) < 4.78 is 12.9. The normalized spacial score (nSPS) is 16.9. The molecule has 2 rings (SSSR count). The van der Waals surface area contributed by atoms with Crippen LogP contribution in [-0.4, -0.2) is 35.0 Å². The second kappa shape index (κ2) is 5.07. The van der Waals surface area contributed by atoms with Gasteiger partial charge in [0.25, 0.3) is 0 Å². The zero-order valence-electron chi connectivity index (χ0n) is 9.69. The Morgan fingerprint density at radius 2 is 2.18 bits per heavy atom. The Labute approximate surface area is 99.1 Å². The van der Waals surface area contributed by atoms with Crippen LogP contribution in [0.4, 0.5) is 10.2 Å². The maximum absolute atomic E-state index is 12.9. The molecule has 6 heteroatoms. The van der Waals surface area contributed by atoms with Gasteiger partial charge in [0, 0.05) is 32.1 Å². The fourth-order valence-corrected chi connectivity index (χ4v) is 2.04. The molecule has 1 fully saturated rings. The first-order valence-corrected chi connectivity index (χ1v) is 5.65. The molecule has 17 heavy (non-hydrogen) atoms. The van der Waals surface area contributed by atoms with E-state index < -0.39 is 5.95 Å². The molecule has 0 aliphatic carbocycles. The van der Waals surface area contributed by atoms with Gasteiger partial charge in [0.1, 0.15) is 12.1 Å². The summed E-state index contributed by atoms with van der Waals surface area (Å²) in [6.45, 7) is 3.05. The number of carbonyl (C=O) groups excluding carboxylic acids is 1. The summed E-state index contributed by atoms with van der Waals surface area (Å²) in [5.74, 6) is 0.0919. The van der Waals surface area contributed by atoms with Crippen LogP contribution >= 0.6 is 0 Å². The van der Waals surface area contributed by atoms with Crippen LogP contribution in [0.5, 0.6) is 0 Å². The van der Waals surface area contributed by atoms with Crippen LogP contribution in [0.3, 0.4) is 0 Å². The number of piperidine rings is 1. The van der Waals surface area contributed by atoms with Crippen molar-refractivity contribution in [2.45, 2.75) is 25.8 Å². The Balaban J connectivity index is 1.93. The van der Waals surface area contributed by atoms with Crippen LogP contribution in [0.15, 0.2) is 12.4 Å². The molecular weight excluding hydrogens is 223 g/mol. The number of aromatic nitrogens is 2. The molecule has 1 aliphatic heterocycles. The zero-order valence-corrected chi connectivity index (χ0v) is 9.69. The first-order valence-electron chi connectivity index (χ1n) is 5.65. The molecule has 2 heterocycles. The van der Waals surface area contributed by atoms with Crippen molar-refractivity contribution < 1.29 is 9.18 Å². The van der Waals surface area contributed by atoms with Gasteiger partial charge in [0.2, 0.25) is 11.9 Å². The molecule has 1 aromatic heterocycles. The quantitative estimate of drug-likeness (QED) is 0.771. The summed E-state index contributed by atoms with van der Waals surface area (Å²) in [6.07, 6.45) is 2.93. The lowest BCUT2D eigenvalue weighted by atomic mass is 10.1. The highest BCUT2D eigenvalue weighted by Crippen LogP contribution is 2.17. The highest BCUT2D eigenvalue weighted by atomic mass is 19.1. The van der Waals surface area contributed by atoms with Gasteiger partial charge >= 0.3 is 0 Å². The molecular formula is C11H15FN4O. The molecule has 5 nitrogen and oxygen atoms in total. The lowest BCUT2D eigenvalue weighted by Crippen LogP contribution is -2.44. The summed E-state index contributed by atoms with van der Waals surface area (Å²) >= 11 is 0. The highest BCUT2D eigenvalue weighted by Gasteiger charge is 2.20. The Bertz CT molecular complexity index is 404. The summed E-state index contributed by atoms with van der Waals surface area (Å²) in [5.41, 5.74) is 0. The SMILES string of the molecule is CC(=O)NC1CCN(c2cc(F)ncn2)CC1. The van der Waals surface area contributed by atoms with Crippen LogP contribution in [0, 0.1) is 5.95 Å². The van der Waals surface area contributed by atoms with E-state index in [0.717, 1.165) is 25.9 Å². The molecule has 1 amide bonds. The monoisotopic (exact) mass is 238 g/mol. The van der Waals surface area contributed by atoms with Crippen LogP contribution < -0.4 is 10.2 Å². The number of amides is 1. The van der Waals surface area contributed by atoms with E-state index in [-0.39, 0.29) is 11.9 Å². The third-order valence-electron chi connectivity index (χ3n) is 2.85. The van der Waals surface area contributed by atoms with Crippen molar-refractivity contribution in [3.05, 3.63) is 18.3 Å². The van der Waals surface area contributed by atoms with Gasteiger partial charge in [-0.2, -0.15) is 4.39 Å². The van der Waals surface area contributed by atoms with Crippen LogP contribution in [0.2, 0.25) is 0 Å². The highest BCUT2D eigenvalue weighted by molar-refractivity contribution is 5.73. The number of nitrogens with zero attached hydrogens (tertiary/aromatic N) is 3. The van der Waals surface area contributed by atoms with Crippen LogP contribution in [-0.2, 0) is 4.79 Å². The molecule has 0 saturated carbocycles. The third kappa shape index (κ3) is 3.12. The van der Waals surface area contributed by atoms with E-state index in [4.69, 9.17) is 0 Å². The minimum Gasteiger partial charge on any atom is -0.356 e.